The number of aromatic nitrogens is 2. The number of rotatable bonds is 4. The van der Waals surface area contributed by atoms with Gasteiger partial charge in [-0.15, -0.1) is 10.2 Å². The van der Waals surface area contributed by atoms with Crippen molar-refractivity contribution >= 4 is 34.1 Å². The highest BCUT2D eigenvalue weighted by molar-refractivity contribution is 7.13. The largest absolute Gasteiger partial charge is 0.368 e. The van der Waals surface area contributed by atoms with Crippen LogP contribution in [0.3, 0.4) is 0 Å². The summed E-state index contributed by atoms with van der Waals surface area (Å²) in [5.41, 5.74) is 2.44. The van der Waals surface area contributed by atoms with Gasteiger partial charge in [-0.25, -0.2) is 9.18 Å². The highest BCUT2D eigenvalue weighted by atomic mass is 32.1. The topological polar surface area (TPSA) is 90.5 Å². The molecule has 0 unspecified atom stereocenters. The number of benzene rings is 1. The second kappa shape index (κ2) is 7.88. The van der Waals surface area contributed by atoms with E-state index in [0.717, 1.165) is 5.69 Å². The molecule has 1 fully saturated rings. The Morgan fingerprint density at radius 1 is 1.16 bits per heavy atom. The molecule has 132 valence electrons. The number of urea groups is 1. The van der Waals surface area contributed by atoms with E-state index in [1.807, 2.05) is 0 Å². The van der Waals surface area contributed by atoms with Gasteiger partial charge in [0.2, 0.25) is 11.0 Å². The van der Waals surface area contributed by atoms with Crippen LogP contribution in [0.1, 0.15) is 0 Å². The monoisotopic (exact) mass is 364 g/mol. The molecule has 3 rings (SSSR count). The van der Waals surface area contributed by atoms with E-state index in [4.69, 9.17) is 0 Å². The highest BCUT2D eigenvalue weighted by Gasteiger charge is 2.21. The van der Waals surface area contributed by atoms with Gasteiger partial charge in [0.15, 0.2) is 0 Å². The molecular weight excluding hydrogens is 347 g/mol. The first kappa shape index (κ1) is 17.1. The fourth-order valence-corrected chi connectivity index (χ4v) is 2.94. The molecule has 0 radical (unpaired) electrons. The maximum absolute atomic E-state index is 13.0. The van der Waals surface area contributed by atoms with Gasteiger partial charge in [0.25, 0.3) is 0 Å². The number of piperazine rings is 1. The van der Waals surface area contributed by atoms with Gasteiger partial charge in [-0.1, -0.05) is 11.3 Å². The van der Waals surface area contributed by atoms with Gasteiger partial charge in [-0.05, 0) is 24.3 Å². The SMILES string of the molecule is O=C(CNC(=O)N1CCN(c2ccc(F)cc2)CC1)Nc1nncs1. The van der Waals surface area contributed by atoms with Gasteiger partial charge in [-0.3, -0.25) is 10.1 Å². The van der Waals surface area contributed by atoms with Gasteiger partial charge >= 0.3 is 6.03 Å². The molecule has 0 saturated carbocycles. The quantitative estimate of drug-likeness (QED) is 0.849. The molecule has 3 amide bonds. The predicted octanol–water partition coefficient (Wildman–Crippen LogP) is 1.15. The van der Waals surface area contributed by atoms with Crippen molar-refractivity contribution in [2.24, 2.45) is 0 Å². The van der Waals surface area contributed by atoms with Crippen LogP contribution in [-0.4, -0.2) is 59.8 Å². The number of carbonyl (C=O) groups excluding carboxylic acids is 2. The minimum Gasteiger partial charge on any atom is -0.368 e. The summed E-state index contributed by atoms with van der Waals surface area (Å²) >= 11 is 1.21. The van der Waals surface area contributed by atoms with E-state index in [0.29, 0.717) is 31.3 Å². The summed E-state index contributed by atoms with van der Waals surface area (Å²) in [5.74, 6) is -0.622. The summed E-state index contributed by atoms with van der Waals surface area (Å²) in [4.78, 5) is 27.6. The van der Waals surface area contributed by atoms with E-state index >= 15 is 0 Å². The van der Waals surface area contributed by atoms with E-state index in [1.165, 1.54) is 29.0 Å². The fourth-order valence-electron chi connectivity index (χ4n) is 2.48. The summed E-state index contributed by atoms with van der Waals surface area (Å²) < 4.78 is 13.0. The average molecular weight is 364 g/mol. The maximum atomic E-state index is 13.0. The van der Waals surface area contributed by atoms with E-state index < -0.39 is 0 Å². The Morgan fingerprint density at radius 3 is 2.52 bits per heavy atom. The van der Waals surface area contributed by atoms with Crippen LogP contribution in [-0.2, 0) is 4.79 Å². The van der Waals surface area contributed by atoms with E-state index in [2.05, 4.69) is 25.7 Å². The molecule has 8 nitrogen and oxygen atoms in total. The molecule has 0 aliphatic carbocycles. The first-order chi connectivity index (χ1) is 12.1. The van der Waals surface area contributed by atoms with Gasteiger partial charge in [0.1, 0.15) is 11.3 Å². The van der Waals surface area contributed by atoms with Crippen LogP contribution in [0.25, 0.3) is 0 Å². The van der Waals surface area contributed by atoms with Crippen LogP contribution in [0.5, 0.6) is 0 Å². The van der Waals surface area contributed by atoms with Crippen LogP contribution in [0.4, 0.5) is 20.0 Å². The van der Waals surface area contributed by atoms with Gasteiger partial charge < -0.3 is 15.1 Å². The Balaban J connectivity index is 1.42. The minimum atomic E-state index is -0.352. The molecule has 1 aromatic carbocycles. The smallest absolute Gasteiger partial charge is 0.317 e. The zero-order valence-corrected chi connectivity index (χ0v) is 14.1. The zero-order valence-electron chi connectivity index (χ0n) is 13.3. The Labute approximate surface area is 147 Å². The summed E-state index contributed by atoms with van der Waals surface area (Å²) in [5, 5.41) is 12.8. The lowest BCUT2D eigenvalue weighted by molar-refractivity contribution is -0.115. The number of hydrogen-bond donors (Lipinski definition) is 2. The molecule has 1 aliphatic heterocycles. The summed E-state index contributed by atoms with van der Waals surface area (Å²) in [6.07, 6.45) is 0. The van der Waals surface area contributed by atoms with Gasteiger partial charge in [0.05, 0.1) is 6.54 Å². The lowest BCUT2D eigenvalue weighted by Gasteiger charge is -2.36. The third-order valence-electron chi connectivity index (χ3n) is 3.77. The van der Waals surface area contributed by atoms with Crippen LogP contribution in [0.15, 0.2) is 29.8 Å². The number of amides is 3. The molecule has 2 N–H and O–H groups in total. The fraction of sp³-hybridized carbons (Fsp3) is 0.333. The lowest BCUT2D eigenvalue weighted by atomic mass is 10.2. The number of carbonyl (C=O) groups is 2. The Bertz CT molecular complexity index is 716. The zero-order chi connectivity index (χ0) is 17.6. The molecule has 1 saturated heterocycles. The number of nitrogens with one attached hydrogen (secondary N) is 2. The van der Waals surface area contributed by atoms with Crippen molar-refractivity contribution in [1.82, 2.24) is 20.4 Å². The summed E-state index contributed by atoms with van der Waals surface area (Å²) in [6, 6.07) is 6.01. The first-order valence-corrected chi connectivity index (χ1v) is 8.59. The second-order valence-corrected chi connectivity index (χ2v) is 6.23. The maximum Gasteiger partial charge on any atom is 0.317 e. The lowest BCUT2D eigenvalue weighted by Crippen LogP contribution is -2.52. The van der Waals surface area contributed by atoms with Crippen molar-refractivity contribution in [3.05, 3.63) is 35.6 Å². The first-order valence-electron chi connectivity index (χ1n) is 7.71. The van der Waals surface area contributed by atoms with Crippen LogP contribution in [0, 0.1) is 5.82 Å². The van der Waals surface area contributed by atoms with Crippen molar-refractivity contribution in [2.45, 2.75) is 0 Å². The van der Waals surface area contributed by atoms with Crippen molar-refractivity contribution < 1.29 is 14.0 Å². The van der Waals surface area contributed by atoms with E-state index in [1.54, 1.807) is 17.0 Å². The molecule has 25 heavy (non-hydrogen) atoms. The molecule has 1 aromatic heterocycles. The number of hydrogen-bond acceptors (Lipinski definition) is 6. The van der Waals surface area contributed by atoms with Crippen molar-refractivity contribution in [2.75, 3.05) is 42.9 Å². The second-order valence-electron chi connectivity index (χ2n) is 5.40. The molecule has 0 bridgehead atoms. The minimum absolute atomic E-state index is 0.128. The van der Waals surface area contributed by atoms with Crippen molar-refractivity contribution in [3.8, 4) is 0 Å². The van der Waals surface area contributed by atoms with Gasteiger partial charge in [0, 0.05) is 31.9 Å². The number of halogens is 1. The molecular formula is C15H17FN6O2S. The Morgan fingerprint density at radius 2 is 1.88 bits per heavy atom. The normalized spacial score (nSPS) is 14.3. The third-order valence-corrected chi connectivity index (χ3v) is 4.37. The summed E-state index contributed by atoms with van der Waals surface area (Å²) in [6.45, 7) is 2.23. The summed E-state index contributed by atoms with van der Waals surface area (Å²) in [7, 11) is 0. The molecule has 2 heterocycles. The van der Waals surface area contributed by atoms with Crippen LogP contribution in [0.2, 0.25) is 0 Å². The number of nitrogens with zero attached hydrogens (tertiary/aromatic N) is 4. The van der Waals surface area contributed by atoms with Gasteiger partial charge in [-0.2, -0.15) is 0 Å². The third kappa shape index (κ3) is 4.63. The average Bonchev–Trinajstić information content (AvgIpc) is 3.13. The van der Waals surface area contributed by atoms with E-state index in [9.17, 15) is 14.0 Å². The number of anilines is 2. The van der Waals surface area contributed by atoms with Crippen molar-refractivity contribution in [3.63, 3.8) is 0 Å². The van der Waals surface area contributed by atoms with Crippen molar-refractivity contribution in [1.29, 1.82) is 0 Å². The Kier molecular flexibility index (Phi) is 5.39. The highest BCUT2D eigenvalue weighted by Crippen LogP contribution is 2.16. The molecule has 2 aromatic rings. The Hall–Kier alpha value is -2.75. The molecule has 0 spiro atoms. The molecule has 0 atom stereocenters. The molecule has 1 aliphatic rings. The van der Waals surface area contributed by atoms with E-state index in [-0.39, 0.29) is 24.3 Å². The predicted molar refractivity (Wildman–Crippen MR) is 92.1 cm³/mol. The molecule has 10 heteroatoms. The van der Waals surface area contributed by atoms with Crippen LogP contribution < -0.4 is 15.5 Å². The van der Waals surface area contributed by atoms with Crippen LogP contribution >= 0.6 is 11.3 Å². The standard InChI is InChI=1S/C15H17FN6O2S/c16-11-1-3-12(4-2-11)21-5-7-22(8-6-21)15(24)17-9-13(23)19-14-20-18-10-25-14/h1-4,10H,5-9H2,(H,17,24)(H,19,20,23).